The zero-order valence-corrected chi connectivity index (χ0v) is 8.74. The molecule has 0 heterocycles. The lowest BCUT2D eigenvalue weighted by Gasteiger charge is -2.19. The Morgan fingerprint density at radius 2 is 1.88 bits per heavy atom. The van der Waals surface area contributed by atoms with Gasteiger partial charge in [-0.3, -0.25) is 0 Å². The Morgan fingerprint density at radius 3 is 2.44 bits per heavy atom. The van der Waals surface area contributed by atoms with Crippen molar-refractivity contribution in [3.05, 3.63) is 59.7 Å². The van der Waals surface area contributed by atoms with Crippen LogP contribution in [0.3, 0.4) is 0 Å². The lowest BCUT2D eigenvalue weighted by molar-refractivity contribution is 0.0570. The normalized spacial score (nSPS) is 20.3. The summed E-state index contributed by atoms with van der Waals surface area (Å²) in [5, 5.41) is 0. The third-order valence-corrected chi connectivity index (χ3v) is 2.65. The highest BCUT2D eigenvalue weighted by Gasteiger charge is 2.27. The molecule has 0 spiro atoms. The summed E-state index contributed by atoms with van der Waals surface area (Å²) >= 11 is 0. The number of alkyl halides is 2. The highest BCUT2D eigenvalue weighted by atomic mass is 19.3. The average molecular weight is 221 g/mol. The fourth-order valence-electron chi connectivity index (χ4n) is 1.69. The van der Waals surface area contributed by atoms with Gasteiger partial charge in [0.1, 0.15) is 0 Å². The number of halogens is 2. The van der Waals surface area contributed by atoms with Crippen molar-refractivity contribution in [3.63, 3.8) is 0 Å². The number of benzene rings is 1. The van der Waals surface area contributed by atoms with Gasteiger partial charge in [0.15, 0.2) is 0 Å². The van der Waals surface area contributed by atoms with Crippen LogP contribution in [0.15, 0.2) is 54.1 Å². The Labute approximate surface area is 93.3 Å². The zero-order chi connectivity index (χ0) is 11.6. The molecule has 0 aromatic heterocycles. The van der Waals surface area contributed by atoms with Crippen molar-refractivity contribution in [2.24, 2.45) is 5.73 Å². The van der Waals surface area contributed by atoms with Crippen molar-refractivity contribution in [2.45, 2.75) is 18.4 Å². The first-order valence-electron chi connectivity index (χ1n) is 5.16. The van der Waals surface area contributed by atoms with E-state index in [1.54, 1.807) is 0 Å². The van der Waals surface area contributed by atoms with Gasteiger partial charge in [-0.2, -0.15) is 0 Å². The highest BCUT2D eigenvalue weighted by molar-refractivity contribution is 5.36. The second-order valence-electron chi connectivity index (χ2n) is 3.89. The fourth-order valence-corrected chi connectivity index (χ4v) is 1.69. The van der Waals surface area contributed by atoms with Crippen molar-refractivity contribution in [3.8, 4) is 0 Å². The van der Waals surface area contributed by atoms with E-state index in [9.17, 15) is 8.78 Å². The van der Waals surface area contributed by atoms with Gasteiger partial charge in [0.25, 0.3) is 5.92 Å². The fraction of sp³-hybridized carbons (Fsp3) is 0.231. The number of nitrogens with two attached hydrogens (primary N) is 1. The van der Waals surface area contributed by atoms with Gasteiger partial charge in [0.05, 0.1) is 6.04 Å². The summed E-state index contributed by atoms with van der Waals surface area (Å²) in [6, 6.07) is 9.13. The molecule has 1 aliphatic rings. The van der Waals surface area contributed by atoms with Crippen LogP contribution in [0, 0.1) is 0 Å². The molecule has 0 bridgehead atoms. The van der Waals surface area contributed by atoms with Crippen molar-refractivity contribution >= 4 is 0 Å². The number of hydrogen-bond donors (Lipinski definition) is 1. The second-order valence-corrected chi connectivity index (χ2v) is 3.89. The van der Waals surface area contributed by atoms with E-state index < -0.39 is 5.92 Å². The van der Waals surface area contributed by atoms with E-state index in [2.05, 4.69) is 0 Å². The predicted molar refractivity (Wildman–Crippen MR) is 60.2 cm³/mol. The van der Waals surface area contributed by atoms with E-state index in [-0.39, 0.29) is 12.5 Å². The van der Waals surface area contributed by atoms with Crippen LogP contribution in [0.1, 0.15) is 18.0 Å². The number of hydrogen-bond acceptors (Lipinski definition) is 1. The summed E-state index contributed by atoms with van der Waals surface area (Å²) in [5.41, 5.74) is 7.68. The lowest BCUT2D eigenvalue weighted by Crippen LogP contribution is -2.18. The summed E-state index contributed by atoms with van der Waals surface area (Å²) in [6.07, 6.45) is 3.59. The molecule has 0 amide bonds. The summed E-state index contributed by atoms with van der Waals surface area (Å²) in [7, 11) is 0. The molecule has 2 N–H and O–H groups in total. The molecule has 1 atom stereocenters. The molecule has 1 aliphatic carbocycles. The van der Waals surface area contributed by atoms with Gasteiger partial charge in [0.2, 0.25) is 0 Å². The molecule has 0 saturated heterocycles. The smallest absolute Gasteiger partial charge is 0.270 e. The van der Waals surface area contributed by atoms with Crippen molar-refractivity contribution in [1.29, 1.82) is 0 Å². The molecule has 16 heavy (non-hydrogen) atoms. The topological polar surface area (TPSA) is 26.0 Å². The quantitative estimate of drug-likeness (QED) is 0.815. The van der Waals surface area contributed by atoms with Crippen LogP contribution in [0.2, 0.25) is 0 Å². The predicted octanol–water partition coefficient (Wildman–Crippen LogP) is 3.21. The lowest BCUT2D eigenvalue weighted by atomic mass is 9.94. The van der Waals surface area contributed by atoms with E-state index >= 15 is 0 Å². The Balaban J connectivity index is 2.17. The van der Waals surface area contributed by atoms with E-state index in [1.807, 2.05) is 30.3 Å². The minimum absolute atomic E-state index is 0.265. The third kappa shape index (κ3) is 2.36. The third-order valence-electron chi connectivity index (χ3n) is 2.65. The first-order chi connectivity index (χ1) is 7.58. The van der Waals surface area contributed by atoms with Gasteiger partial charge in [-0.15, -0.1) is 0 Å². The van der Waals surface area contributed by atoms with E-state index in [0.29, 0.717) is 0 Å². The molecule has 0 fully saturated rings. The summed E-state index contributed by atoms with van der Waals surface area (Å²) in [6.45, 7) is 0. The van der Waals surface area contributed by atoms with Crippen LogP contribution < -0.4 is 5.73 Å². The second kappa shape index (κ2) is 4.18. The zero-order valence-electron chi connectivity index (χ0n) is 8.74. The molecule has 1 aromatic carbocycles. The summed E-state index contributed by atoms with van der Waals surface area (Å²) < 4.78 is 25.7. The van der Waals surface area contributed by atoms with Crippen LogP contribution in [0.5, 0.6) is 0 Å². The molecule has 84 valence electrons. The first-order valence-corrected chi connectivity index (χ1v) is 5.16. The van der Waals surface area contributed by atoms with Crippen LogP contribution in [-0.2, 0) is 0 Å². The summed E-state index contributed by atoms with van der Waals surface area (Å²) in [5.74, 6) is -2.72. The maximum absolute atomic E-state index is 12.9. The van der Waals surface area contributed by atoms with Gasteiger partial charge in [-0.25, -0.2) is 8.78 Å². The Kier molecular flexibility index (Phi) is 2.88. The molecule has 1 nitrogen and oxygen atoms in total. The monoisotopic (exact) mass is 221 g/mol. The van der Waals surface area contributed by atoms with Crippen molar-refractivity contribution in [1.82, 2.24) is 0 Å². The van der Waals surface area contributed by atoms with E-state index in [1.165, 1.54) is 12.2 Å². The molecule has 0 saturated carbocycles. The summed E-state index contributed by atoms with van der Waals surface area (Å²) in [4.78, 5) is 0. The maximum Gasteiger partial charge on any atom is 0.270 e. The first kappa shape index (κ1) is 11.0. The van der Waals surface area contributed by atoms with Crippen LogP contribution in [0.25, 0.3) is 0 Å². The van der Waals surface area contributed by atoms with Crippen LogP contribution in [0.4, 0.5) is 8.78 Å². The van der Waals surface area contributed by atoms with E-state index in [0.717, 1.165) is 17.2 Å². The Morgan fingerprint density at radius 1 is 1.19 bits per heavy atom. The Hall–Kier alpha value is -1.48. The molecule has 1 aromatic rings. The van der Waals surface area contributed by atoms with E-state index in [4.69, 9.17) is 5.73 Å². The van der Waals surface area contributed by atoms with Crippen LogP contribution in [-0.4, -0.2) is 5.92 Å². The Bertz CT molecular complexity index is 421. The van der Waals surface area contributed by atoms with Gasteiger partial charge >= 0.3 is 0 Å². The van der Waals surface area contributed by atoms with Crippen molar-refractivity contribution < 1.29 is 8.78 Å². The largest absolute Gasteiger partial charge is 0.320 e. The molecular weight excluding hydrogens is 208 g/mol. The minimum Gasteiger partial charge on any atom is -0.320 e. The molecular formula is C13H13F2N. The molecule has 0 aliphatic heterocycles. The minimum atomic E-state index is -2.72. The van der Waals surface area contributed by atoms with Gasteiger partial charge in [-0.1, -0.05) is 42.5 Å². The number of allylic oxidation sites excluding steroid dienone is 2. The van der Waals surface area contributed by atoms with Gasteiger partial charge in [-0.05, 0) is 17.2 Å². The maximum atomic E-state index is 12.9. The molecule has 2 rings (SSSR count). The van der Waals surface area contributed by atoms with Gasteiger partial charge < -0.3 is 5.73 Å². The van der Waals surface area contributed by atoms with Gasteiger partial charge in [0, 0.05) is 6.42 Å². The molecule has 0 radical (unpaired) electrons. The SMILES string of the molecule is NC(C1=CCC(F)(F)C=C1)c1ccccc1. The van der Waals surface area contributed by atoms with Crippen molar-refractivity contribution in [2.75, 3.05) is 0 Å². The molecule has 1 unspecified atom stereocenters. The number of rotatable bonds is 2. The van der Waals surface area contributed by atoms with Crippen LogP contribution >= 0.6 is 0 Å². The highest BCUT2D eigenvalue weighted by Crippen LogP contribution is 2.30. The molecule has 3 heteroatoms. The average Bonchev–Trinajstić information content (AvgIpc) is 2.29. The standard InChI is InChI=1S/C13H13F2N/c14-13(15)8-6-11(7-9-13)12(16)10-4-2-1-3-5-10/h1-8,12H,9,16H2.